The van der Waals surface area contributed by atoms with Gasteiger partial charge in [0.1, 0.15) is 11.6 Å². The van der Waals surface area contributed by atoms with Gasteiger partial charge in [-0.05, 0) is 19.3 Å². The Labute approximate surface area is 164 Å². The molecule has 0 radical (unpaired) electrons. The second-order valence-electron chi connectivity index (χ2n) is 6.77. The number of aromatic nitrogens is 2. The van der Waals surface area contributed by atoms with Gasteiger partial charge in [0.05, 0.1) is 26.2 Å². The molecule has 1 fully saturated rings. The molecule has 0 spiro atoms. The zero-order valence-electron chi connectivity index (χ0n) is 16.6. The number of benzene rings is 1. The minimum atomic E-state index is -0.292. The van der Waals surface area contributed by atoms with Crippen molar-refractivity contribution in [2.24, 2.45) is 0 Å². The molecule has 2 aromatic rings. The minimum Gasteiger partial charge on any atom is -0.493 e. The van der Waals surface area contributed by atoms with E-state index in [1.54, 1.807) is 26.4 Å². The Bertz CT molecular complexity index is 839. The van der Waals surface area contributed by atoms with Gasteiger partial charge in [0.2, 0.25) is 11.7 Å². The molecule has 152 valence electrons. The third kappa shape index (κ3) is 4.36. The fourth-order valence-corrected chi connectivity index (χ4v) is 3.22. The van der Waals surface area contributed by atoms with E-state index in [-0.39, 0.29) is 12.0 Å². The lowest BCUT2D eigenvalue weighted by atomic mass is 10.2. The maximum Gasteiger partial charge on any atom is 0.347 e. The first kappa shape index (κ1) is 19.9. The molecule has 1 saturated heterocycles. The molecule has 9 heteroatoms. The molecular weight excluding hydrogens is 362 g/mol. The van der Waals surface area contributed by atoms with Crippen LogP contribution in [0.25, 0.3) is 10.9 Å². The molecule has 0 unspecified atom stereocenters. The fraction of sp³-hybridized carbons (Fsp3) is 0.526. The van der Waals surface area contributed by atoms with Crippen LogP contribution in [0.5, 0.6) is 11.5 Å². The van der Waals surface area contributed by atoms with Crippen molar-refractivity contribution in [2.45, 2.75) is 25.4 Å². The number of fused-ring (bicyclic) bond motifs is 1. The van der Waals surface area contributed by atoms with Gasteiger partial charge >= 0.3 is 5.95 Å². The summed E-state index contributed by atoms with van der Waals surface area (Å²) in [6.07, 6.45) is 2.23. The van der Waals surface area contributed by atoms with Gasteiger partial charge in [-0.3, -0.25) is 9.69 Å². The van der Waals surface area contributed by atoms with Gasteiger partial charge in [-0.25, -0.2) is 4.98 Å². The highest BCUT2D eigenvalue weighted by atomic mass is 16.5. The first-order chi connectivity index (χ1) is 13.5. The van der Waals surface area contributed by atoms with Crippen LogP contribution in [0.1, 0.15) is 19.3 Å². The van der Waals surface area contributed by atoms with E-state index < -0.39 is 0 Å². The number of carbonyl (C=O) groups excluding carboxylic acids is 1. The molecular formula is C19H28N5O4+. The van der Waals surface area contributed by atoms with E-state index in [4.69, 9.17) is 19.9 Å². The molecule has 1 aromatic carbocycles. The van der Waals surface area contributed by atoms with Crippen molar-refractivity contribution in [2.75, 3.05) is 51.6 Å². The van der Waals surface area contributed by atoms with Crippen LogP contribution >= 0.6 is 0 Å². The zero-order valence-corrected chi connectivity index (χ0v) is 16.6. The maximum atomic E-state index is 12.0. The Kier molecular flexibility index (Phi) is 6.35. The van der Waals surface area contributed by atoms with Crippen LogP contribution in [0.3, 0.4) is 0 Å². The molecule has 28 heavy (non-hydrogen) atoms. The molecule has 2 heterocycles. The largest absolute Gasteiger partial charge is 0.493 e. The SMILES string of the molecule is COc1cc2nc(N(C)CCCNC(=O)[C@H]3CCCO3)[nH+]c(N)c2cc1OC. The number of hydrogen-bond donors (Lipinski definition) is 2. The normalized spacial score (nSPS) is 16.2. The third-order valence-electron chi connectivity index (χ3n) is 4.82. The highest BCUT2D eigenvalue weighted by Gasteiger charge is 2.23. The van der Waals surface area contributed by atoms with Crippen molar-refractivity contribution < 1.29 is 24.0 Å². The summed E-state index contributed by atoms with van der Waals surface area (Å²) in [6.45, 7) is 1.95. The molecule has 0 saturated carbocycles. The number of nitrogens with two attached hydrogens (primary N) is 1. The lowest BCUT2D eigenvalue weighted by Gasteiger charge is -2.15. The molecule has 0 bridgehead atoms. The lowest BCUT2D eigenvalue weighted by molar-refractivity contribution is -0.348. The van der Waals surface area contributed by atoms with Crippen molar-refractivity contribution in [3.8, 4) is 11.5 Å². The molecule has 3 rings (SSSR count). The van der Waals surface area contributed by atoms with Crippen LogP contribution in [0.2, 0.25) is 0 Å². The molecule has 9 nitrogen and oxygen atoms in total. The molecule has 4 N–H and O–H groups in total. The number of ether oxygens (including phenoxy) is 3. The second kappa shape index (κ2) is 8.92. The Morgan fingerprint density at radius 1 is 1.39 bits per heavy atom. The van der Waals surface area contributed by atoms with Gasteiger partial charge < -0.3 is 25.3 Å². The summed E-state index contributed by atoms with van der Waals surface area (Å²) in [7, 11) is 5.09. The third-order valence-corrected chi connectivity index (χ3v) is 4.82. The number of hydrogen-bond acceptors (Lipinski definition) is 7. The van der Waals surface area contributed by atoms with Crippen LogP contribution < -0.4 is 30.4 Å². The van der Waals surface area contributed by atoms with E-state index in [1.807, 2.05) is 11.9 Å². The van der Waals surface area contributed by atoms with Gasteiger partial charge in [-0.15, -0.1) is 4.98 Å². The smallest absolute Gasteiger partial charge is 0.347 e. The number of rotatable bonds is 8. The average molecular weight is 390 g/mol. The molecule has 0 aliphatic carbocycles. The number of nitrogens with one attached hydrogen (secondary N) is 2. The van der Waals surface area contributed by atoms with Crippen LogP contribution in [0, 0.1) is 0 Å². The summed E-state index contributed by atoms with van der Waals surface area (Å²) in [5.41, 5.74) is 6.90. The monoisotopic (exact) mass is 390 g/mol. The van der Waals surface area contributed by atoms with E-state index in [0.717, 1.165) is 24.6 Å². The number of methoxy groups -OCH3 is 2. The fourth-order valence-electron chi connectivity index (χ4n) is 3.22. The molecule has 1 aliphatic heterocycles. The maximum absolute atomic E-state index is 12.0. The number of nitrogen functional groups attached to an aromatic ring is 1. The zero-order chi connectivity index (χ0) is 20.1. The summed E-state index contributed by atoms with van der Waals surface area (Å²) in [4.78, 5) is 21.7. The summed E-state index contributed by atoms with van der Waals surface area (Å²) < 4.78 is 16.1. The van der Waals surface area contributed by atoms with E-state index >= 15 is 0 Å². The van der Waals surface area contributed by atoms with Crippen molar-refractivity contribution in [3.63, 3.8) is 0 Å². The van der Waals surface area contributed by atoms with Crippen LogP contribution in [-0.2, 0) is 9.53 Å². The van der Waals surface area contributed by atoms with Gasteiger partial charge in [0, 0.05) is 32.3 Å². The van der Waals surface area contributed by atoms with Crippen LogP contribution in [0.15, 0.2) is 12.1 Å². The van der Waals surface area contributed by atoms with Gasteiger partial charge in [-0.2, -0.15) is 0 Å². The molecule has 1 amide bonds. The highest BCUT2D eigenvalue weighted by Crippen LogP contribution is 2.33. The van der Waals surface area contributed by atoms with Crippen molar-refractivity contribution in [1.29, 1.82) is 0 Å². The van der Waals surface area contributed by atoms with E-state index in [0.29, 0.717) is 48.5 Å². The second-order valence-corrected chi connectivity index (χ2v) is 6.77. The van der Waals surface area contributed by atoms with E-state index in [1.165, 1.54) is 0 Å². The minimum absolute atomic E-state index is 0.0270. The Morgan fingerprint density at radius 3 is 2.82 bits per heavy atom. The first-order valence-electron chi connectivity index (χ1n) is 9.38. The van der Waals surface area contributed by atoms with E-state index in [2.05, 4.69) is 15.3 Å². The number of anilines is 2. The number of carbonyl (C=O) groups is 1. The lowest BCUT2D eigenvalue weighted by Crippen LogP contribution is -2.36. The predicted octanol–water partition coefficient (Wildman–Crippen LogP) is 0.770. The van der Waals surface area contributed by atoms with Crippen molar-refractivity contribution >= 4 is 28.6 Å². The first-order valence-corrected chi connectivity index (χ1v) is 9.38. The van der Waals surface area contributed by atoms with Crippen molar-refractivity contribution in [3.05, 3.63) is 12.1 Å². The summed E-state index contributed by atoms with van der Waals surface area (Å²) in [5.74, 6) is 2.31. The standard InChI is InChI=1S/C19H27N5O4/c1-24(8-5-7-21-18(25)14-6-4-9-28-14)19-22-13-11-16(27-3)15(26-2)10-12(13)17(20)23-19/h10-11,14H,4-9H2,1-3H3,(H,21,25)(H2,20,22,23)/p+1/t14-/m1/s1. The topological polar surface area (TPSA) is 113 Å². The number of aromatic amines is 1. The van der Waals surface area contributed by atoms with E-state index in [9.17, 15) is 4.79 Å². The predicted molar refractivity (Wildman–Crippen MR) is 106 cm³/mol. The van der Waals surface area contributed by atoms with Gasteiger partial charge in [0.25, 0.3) is 0 Å². The highest BCUT2D eigenvalue weighted by molar-refractivity contribution is 5.90. The molecule has 1 aromatic heterocycles. The van der Waals surface area contributed by atoms with Gasteiger partial charge in [0.15, 0.2) is 11.5 Å². The quantitative estimate of drug-likeness (QED) is 0.640. The number of H-pyrrole nitrogens is 1. The van der Waals surface area contributed by atoms with Crippen LogP contribution in [0.4, 0.5) is 11.8 Å². The number of nitrogens with zero attached hydrogens (tertiary/aromatic N) is 2. The molecule has 1 atom stereocenters. The average Bonchev–Trinajstić information content (AvgIpc) is 3.24. The number of amides is 1. The Hall–Kier alpha value is -2.81. The summed E-state index contributed by atoms with van der Waals surface area (Å²) >= 11 is 0. The summed E-state index contributed by atoms with van der Waals surface area (Å²) in [6, 6.07) is 3.61. The molecule has 1 aliphatic rings. The van der Waals surface area contributed by atoms with Gasteiger partial charge in [-0.1, -0.05) is 0 Å². The summed E-state index contributed by atoms with van der Waals surface area (Å²) in [5, 5.41) is 3.69. The van der Waals surface area contributed by atoms with Crippen molar-refractivity contribution in [1.82, 2.24) is 10.3 Å². The van der Waals surface area contributed by atoms with Crippen LogP contribution in [-0.4, -0.2) is 58.0 Å². The Balaban J connectivity index is 1.62. The Morgan fingerprint density at radius 2 is 2.14 bits per heavy atom.